The predicted octanol–water partition coefficient (Wildman–Crippen LogP) is 3.59. The fourth-order valence-corrected chi connectivity index (χ4v) is 2.79. The predicted molar refractivity (Wildman–Crippen MR) is 75.4 cm³/mol. The topological polar surface area (TPSA) is 46.9 Å². The van der Waals surface area contributed by atoms with E-state index in [-0.39, 0.29) is 10.7 Å². The molecule has 0 aliphatic rings. The van der Waals surface area contributed by atoms with Crippen molar-refractivity contribution >= 4 is 28.7 Å². The van der Waals surface area contributed by atoms with Gasteiger partial charge in [-0.05, 0) is 19.1 Å². The fourth-order valence-electron chi connectivity index (χ4n) is 1.84. The van der Waals surface area contributed by atoms with Crippen LogP contribution in [0.5, 0.6) is 0 Å². The molecule has 0 saturated heterocycles. The number of halogens is 5. The Morgan fingerprint density at radius 2 is 2.00 bits per heavy atom. The molecule has 1 heterocycles. The van der Waals surface area contributed by atoms with E-state index in [4.69, 9.17) is 0 Å². The van der Waals surface area contributed by atoms with Gasteiger partial charge in [-0.25, -0.2) is 4.98 Å². The number of carbonyl (C=O) groups is 1. The number of nitrogens with zero attached hydrogens (tertiary/aromatic N) is 2. The molecule has 10 heteroatoms. The molecule has 0 radical (unpaired) electrons. The monoisotopic (exact) mass is 353 g/mol. The molecule has 2 rings (SSSR count). The zero-order valence-electron chi connectivity index (χ0n) is 11.8. The van der Waals surface area contributed by atoms with Gasteiger partial charge >= 0.3 is 12.7 Å². The number of amides is 1. The number of rotatable bonds is 5. The molecule has 126 valence electrons. The van der Waals surface area contributed by atoms with E-state index in [1.165, 1.54) is 19.1 Å². The number of hydrogen-bond acceptors (Lipinski definition) is 3. The summed E-state index contributed by atoms with van der Waals surface area (Å²) in [4.78, 5) is 15.6. The number of para-hydroxylation sites is 2. The summed E-state index contributed by atoms with van der Waals surface area (Å²) >= 11 is 0.675. The van der Waals surface area contributed by atoms with E-state index in [2.05, 4.69) is 4.98 Å². The molecule has 4 nitrogen and oxygen atoms in total. The largest absolute Gasteiger partial charge is 0.405 e. The lowest BCUT2D eigenvalue weighted by atomic mass is 10.3. The van der Waals surface area contributed by atoms with Crippen LogP contribution >= 0.6 is 11.8 Å². The summed E-state index contributed by atoms with van der Waals surface area (Å²) in [6, 6.07) is 6.18. The van der Waals surface area contributed by atoms with E-state index in [1.54, 1.807) is 17.4 Å². The maximum absolute atomic E-state index is 13.2. The third-order valence-electron chi connectivity index (χ3n) is 2.87. The van der Waals surface area contributed by atoms with Crippen molar-refractivity contribution in [3.63, 3.8) is 0 Å². The molecule has 0 fully saturated rings. The van der Waals surface area contributed by atoms with E-state index < -0.39 is 30.4 Å². The maximum atomic E-state index is 13.2. The fraction of sp³-hybridized carbons (Fsp3) is 0.385. The van der Waals surface area contributed by atoms with Gasteiger partial charge in [-0.1, -0.05) is 23.9 Å². The van der Waals surface area contributed by atoms with Crippen LogP contribution in [0.2, 0.25) is 0 Å². The van der Waals surface area contributed by atoms with Gasteiger partial charge in [-0.15, -0.1) is 0 Å². The zero-order valence-corrected chi connectivity index (χ0v) is 12.6. The SMILES string of the molecule is CC(Sc1nc2ccccc2n1C(F)F)C(=O)NCC(F)(F)F. The smallest absolute Gasteiger partial charge is 0.346 e. The average Bonchev–Trinajstić information content (AvgIpc) is 2.81. The Morgan fingerprint density at radius 3 is 2.61 bits per heavy atom. The van der Waals surface area contributed by atoms with E-state index in [1.807, 2.05) is 0 Å². The van der Waals surface area contributed by atoms with E-state index in [9.17, 15) is 26.7 Å². The highest BCUT2D eigenvalue weighted by Gasteiger charge is 2.29. The minimum atomic E-state index is -4.53. The van der Waals surface area contributed by atoms with Crippen LogP contribution in [0.4, 0.5) is 22.0 Å². The number of imidazole rings is 1. The summed E-state index contributed by atoms with van der Waals surface area (Å²) in [5.74, 6) is -0.903. The highest BCUT2D eigenvalue weighted by atomic mass is 32.2. The Morgan fingerprint density at radius 1 is 1.35 bits per heavy atom. The molecule has 0 spiro atoms. The third-order valence-corrected chi connectivity index (χ3v) is 3.94. The Kier molecular flexibility index (Phi) is 5.12. The van der Waals surface area contributed by atoms with Crippen molar-refractivity contribution in [1.82, 2.24) is 14.9 Å². The lowest BCUT2D eigenvalue weighted by Crippen LogP contribution is -2.38. The highest BCUT2D eigenvalue weighted by molar-refractivity contribution is 8.00. The number of benzene rings is 1. The average molecular weight is 353 g/mol. The van der Waals surface area contributed by atoms with Crippen LogP contribution in [-0.4, -0.2) is 33.4 Å². The van der Waals surface area contributed by atoms with E-state index in [0.29, 0.717) is 21.8 Å². The Bertz CT molecular complexity index is 700. The molecule has 0 aliphatic carbocycles. The summed E-state index contributed by atoms with van der Waals surface area (Å²) in [6.07, 6.45) is -4.53. The van der Waals surface area contributed by atoms with Gasteiger partial charge in [0.2, 0.25) is 5.91 Å². The standard InChI is InChI=1S/C13H12F5N3OS/c1-7(10(22)19-6-13(16,17)18)23-12-20-8-4-2-3-5-9(8)21(12)11(14)15/h2-5,7,11H,6H2,1H3,(H,19,22). The third kappa shape index (κ3) is 4.34. The number of fused-ring (bicyclic) bond motifs is 1. The van der Waals surface area contributed by atoms with Gasteiger partial charge in [0, 0.05) is 0 Å². The van der Waals surface area contributed by atoms with Crippen molar-refractivity contribution in [3.8, 4) is 0 Å². The second-order valence-corrected chi connectivity index (χ2v) is 5.93. The van der Waals surface area contributed by atoms with Crippen LogP contribution in [0, 0.1) is 0 Å². The molecule has 1 atom stereocenters. The highest BCUT2D eigenvalue weighted by Crippen LogP contribution is 2.31. The van der Waals surface area contributed by atoms with Gasteiger partial charge in [0.15, 0.2) is 5.16 Å². The lowest BCUT2D eigenvalue weighted by Gasteiger charge is -2.14. The lowest BCUT2D eigenvalue weighted by molar-refractivity contribution is -0.137. The molecule has 1 unspecified atom stereocenters. The Balaban J connectivity index is 2.17. The molecule has 23 heavy (non-hydrogen) atoms. The summed E-state index contributed by atoms with van der Waals surface area (Å²) in [5.41, 5.74) is 0.506. The molecular weight excluding hydrogens is 341 g/mol. The molecule has 0 aliphatic heterocycles. The van der Waals surface area contributed by atoms with Gasteiger partial charge in [-0.3, -0.25) is 9.36 Å². The summed E-state index contributed by atoms with van der Waals surface area (Å²) in [7, 11) is 0. The molecule has 1 amide bonds. The van der Waals surface area contributed by atoms with E-state index >= 15 is 0 Å². The van der Waals surface area contributed by atoms with Crippen molar-refractivity contribution in [2.24, 2.45) is 0 Å². The Labute approximate surface area is 132 Å². The first-order chi connectivity index (χ1) is 10.7. The first kappa shape index (κ1) is 17.5. The number of alkyl halides is 5. The molecule has 0 saturated carbocycles. The normalized spacial score (nSPS) is 13.5. The molecule has 0 bridgehead atoms. The van der Waals surface area contributed by atoms with Crippen LogP contribution in [0.1, 0.15) is 13.5 Å². The second kappa shape index (κ2) is 6.73. The van der Waals surface area contributed by atoms with Gasteiger partial charge < -0.3 is 5.32 Å². The van der Waals surface area contributed by atoms with Gasteiger partial charge in [0.25, 0.3) is 0 Å². The molecule has 2 aromatic rings. The first-order valence-electron chi connectivity index (χ1n) is 6.45. The molecular formula is C13H12F5N3OS. The van der Waals surface area contributed by atoms with Crippen molar-refractivity contribution in [3.05, 3.63) is 24.3 Å². The molecule has 1 N–H and O–H groups in total. The molecule has 1 aromatic heterocycles. The summed E-state index contributed by atoms with van der Waals surface area (Å²) in [5, 5.41) is 0.579. The Hall–Kier alpha value is -1.84. The van der Waals surface area contributed by atoms with Crippen molar-refractivity contribution in [1.29, 1.82) is 0 Å². The van der Waals surface area contributed by atoms with Crippen molar-refractivity contribution in [2.45, 2.75) is 30.1 Å². The van der Waals surface area contributed by atoms with Gasteiger partial charge in [-0.2, -0.15) is 22.0 Å². The van der Waals surface area contributed by atoms with Crippen LogP contribution in [0.3, 0.4) is 0 Å². The summed E-state index contributed by atoms with van der Waals surface area (Å²) in [6.45, 7) is -3.02. The summed E-state index contributed by atoms with van der Waals surface area (Å²) < 4.78 is 63.3. The molecule has 1 aromatic carbocycles. The van der Waals surface area contributed by atoms with E-state index in [0.717, 1.165) is 0 Å². The zero-order chi connectivity index (χ0) is 17.2. The van der Waals surface area contributed by atoms with Gasteiger partial charge in [0.05, 0.1) is 16.3 Å². The number of aromatic nitrogens is 2. The van der Waals surface area contributed by atoms with Crippen LogP contribution in [0.25, 0.3) is 11.0 Å². The minimum Gasteiger partial charge on any atom is -0.346 e. The van der Waals surface area contributed by atoms with Crippen molar-refractivity contribution < 1.29 is 26.7 Å². The maximum Gasteiger partial charge on any atom is 0.405 e. The van der Waals surface area contributed by atoms with Crippen LogP contribution in [-0.2, 0) is 4.79 Å². The quantitative estimate of drug-likeness (QED) is 0.660. The van der Waals surface area contributed by atoms with Crippen LogP contribution < -0.4 is 5.32 Å². The first-order valence-corrected chi connectivity index (χ1v) is 7.33. The number of thioether (sulfide) groups is 1. The number of hydrogen-bond donors (Lipinski definition) is 1. The minimum absolute atomic E-state index is 0.129. The van der Waals surface area contributed by atoms with Gasteiger partial charge in [0.1, 0.15) is 6.54 Å². The van der Waals surface area contributed by atoms with Crippen molar-refractivity contribution in [2.75, 3.05) is 6.54 Å². The number of nitrogens with one attached hydrogen (secondary N) is 1. The number of carbonyl (C=O) groups excluding carboxylic acids is 1. The second-order valence-electron chi connectivity index (χ2n) is 4.62. The van der Waals surface area contributed by atoms with Crippen LogP contribution in [0.15, 0.2) is 29.4 Å².